The number of carbonyl (C=O) groups excluding carboxylic acids is 1. The minimum Gasteiger partial charge on any atom is -0.420 e. The SMILES string of the molecule is O=C(OC(=C(C(F)(F)F)C(F)(F)F)C(F)(F)C(F)(F)F)c1ccccc1. The minimum absolute atomic E-state index is 0.715. The van der Waals surface area contributed by atoms with Crippen molar-refractivity contribution in [2.75, 3.05) is 0 Å². The van der Waals surface area contributed by atoms with Gasteiger partial charge in [0.2, 0.25) is 5.76 Å². The lowest BCUT2D eigenvalue weighted by Gasteiger charge is -2.26. The van der Waals surface area contributed by atoms with Gasteiger partial charge in [-0.05, 0) is 12.1 Å². The van der Waals surface area contributed by atoms with Crippen LogP contribution in [-0.2, 0) is 4.74 Å². The molecule has 26 heavy (non-hydrogen) atoms. The highest BCUT2D eigenvalue weighted by Crippen LogP contribution is 2.49. The first-order valence-electron chi connectivity index (χ1n) is 6.10. The molecule has 146 valence electrons. The average Bonchev–Trinajstić information content (AvgIpc) is 2.43. The third kappa shape index (κ3) is 4.64. The Hall–Kier alpha value is -2.34. The van der Waals surface area contributed by atoms with Gasteiger partial charge in [0.05, 0.1) is 5.56 Å². The van der Waals surface area contributed by atoms with E-state index in [0.717, 1.165) is 12.1 Å². The molecule has 0 aliphatic heterocycles. The van der Waals surface area contributed by atoms with E-state index in [1.54, 1.807) is 0 Å². The summed E-state index contributed by atoms with van der Waals surface area (Å²) in [7, 11) is 0. The van der Waals surface area contributed by atoms with Gasteiger partial charge in [-0.15, -0.1) is 0 Å². The van der Waals surface area contributed by atoms with Gasteiger partial charge in [-0.3, -0.25) is 0 Å². The third-order valence-electron chi connectivity index (χ3n) is 2.64. The van der Waals surface area contributed by atoms with Gasteiger partial charge in [-0.1, -0.05) is 18.2 Å². The van der Waals surface area contributed by atoms with Crippen LogP contribution in [0, 0.1) is 0 Å². The summed E-state index contributed by atoms with van der Waals surface area (Å²) in [6, 6.07) is 4.67. The number of carbonyl (C=O) groups is 1. The molecule has 0 unspecified atom stereocenters. The molecule has 1 aromatic rings. The molecular weight excluding hydrogens is 397 g/mol. The predicted octanol–water partition coefficient (Wildman–Crippen LogP) is 5.42. The van der Waals surface area contributed by atoms with Crippen LogP contribution in [0.2, 0.25) is 0 Å². The molecule has 0 aliphatic rings. The lowest BCUT2D eigenvalue weighted by molar-refractivity contribution is -0.278. The fraction of sp³-hybridized carbons (Fsp3) is 0.308. The molecule has 1 aromatic carbocycles. The van der Waals surface area contributed by atoms with Crippen molar-refractivity contribution in [3.05, 3.63) is 47.2 Å². The van der Waals surface area contributed by atoms with Crippen molar-refractivity contribution in [3.63, 3.8) is 0 Å². The highest BCUT2D eigenvalue weighted by Gasteiger charge is 2.68. The Morgan fingerprint density at radius 2 is 1.15 bits per heavy atom. The molecule has 0 aliphatic carbocycles. The van der Waals surface area contributed by atoms with Crippen molar-refractivity contribution >= 4 is 5.97 Å². The summed E-state index contributed by atoms with van der Waals surface area (Å²) in [6.07, 6.45) is -20.3. The molecule has 1 rings (SSSR count). The van der Waals surface area contributed by atoms with Crippen molar-refractivity contribution in [1.29, 1.82) is 0 Å². The maximum absolute atomic E-state index is 13.3. The van der Waals surface area contributed by atoms with Crippen molar-refractivity contribution in [2.24, 2.45) is 0 Å². The first kappa shape index (κ1) is 21.7. The van der Waals surface area contributed by atoms with E-state index < -0.39 is 47.3 Å². The van der Waals surface area contributed by atoms with Crippen LogP contribution in [0.25, 0.3) is 0 Å². The number of hydrogen-bond donors (Lipinski definition) is 0. The normalized spacial score (nSPS) is 13.3. The van der Waals surface area contributed by atoms with Crippen LogP contribution in [0.5, 0.6) is 0 Å². The van der Waals surface area contributed by atoms with Gasteiger partial charge in [0.1, 0.15) is 0 Å². The Kier molecular flexibility index (Phi) is 5.64. The molecule has 0 atom stereocenters. The van der Waals surface area contributed by atoms with Crippen molar-refractivity contribution in [3.8, 4) is 0 Å². The van der Waals surface area contributed by atoms with E-state index in [1.165, 1.54) is 6.07 Å². The predicted molar refractivity (Wildman–Crippen MR) is 62.0 cm³/mol. The quantitative estimate of drug-likeness (QED) is 0.384. The van der Waals surface area contributed by atoms with Gasteiger partial charge in [0, 0.05) is 0 Å². The highest BCUT2D eigenvalue weighted by atomic mass is 19.4. The van der Waals surface area contributed by atoms with Crippen LogP contribution in [0.1, 0.15) is 10.4 Å². The Labute approximate surface area is 136 Å². The topological polar surface area (TPSA) is 26.3 Å². The van der Waals surface area contributed by atoms with Gasteiger partial charge in [-0.2, -0.15) is 48.3 Å². The highest BCUT2D eigenvalue weighted by molar-refractivity contribution is 5.90. The van der Waals surface area contributed by atoms with E-state index >= 15 is 0 Å². The molecule has 0 heterocycles. The number of halogens is 11. The Balaban J connectivity index is 3.68. The van der Waals surface area contributed by atoms with Crippen LogP contribution >= 0.6 is 0 Å². The molecular formula is C13H5F11O2. The fourth-order valence-electron chi connectivity index (χ4n) is 1.54. The molecule has 0 saturated carbocycles. The Morgan fingerprint density at radius 1 is 0.731 bits per heavy atom. The van der Waals surface area contributed by atoms with E-state index in [4.69, 9.17) is 0 Å². The van der Waals surface area contributed by atoms with E-state index in [0.29, 0.717) is 12.1 Å². The molecule has 2 nitrogen and oxygen atoms in total. The van der Waals surface area contributed by atoms with Gasteiger partial charge in [-0.25, -0.2) is 4.79 Å². The zero-order valence-corrected chi connectivity index (χ0v) is 11.9. The van der Waals surface area contributed by atoms with Crippen LogP contribution < -0.4 is 0 Å². The molecule has 0 amide bonds. The fourth-order valence-corrected chi connectivity index (χ4v) is 1.54. The maximum Gasteiger partial charge on any atom is 0.461 e. The van der Waals surface area contributed by atoms with Gasteiger partial charge < -0.3 is 4.74 Å². The van der Waals surface area contributed by atoms with E-state index in [9.17, 15) is 53.1 Å². The number of alkyl halides is 11. The van der Waals surface area contributed by atoms with Gasteiger partial charge in [0.15, 0.2) is 5.57 Å². The summed E-state index contributed by atoms with van der Waals surface area (Å²) in [5.74, 6) is -12.9. The van der Waals surface area contributed by atoms with E-state index in [-0.39, 0.29) is 0 Å². The number of hydrogen-bond acceptors (Lipinski definition) is 2. The van der Waals surface area contributed by atoms with Crippen LogP contribution in [0.3, 0.4) is 0 Å². The van der Waals surface area contributed by atoms with Gasteiger partial charge >= 0.3 is 30.4 Å². The smallest absolute Gasteiger partial charge is 0.420 e. The minimum atomic E-state index is -6.90. The van der Waals surface area contributed by atoms with E-state index in [1.807, 2.05) is 0 Å². The van der Waals surface area contributed by atoms with Gasteiger partial charge in [0.25, 0.3) is 0 Å². The van der Waals surface area contributed by atoms with Crippen molar-refractivity contribution in [1.82, 2.24) is 0 Å². The second-order valence-electron chi connectivity index (χ2n) is 4.53. The Bertz CT molecular complexity index is 665. The second kappa shape index (κ2) is 6.76. The van der Waals surface area contributed by atoms with Crippen LogP contribution in [-0.4, -0.2) is 30.4 Å². The molecule has 0 fully saturated rings. The number of ether oxygens (including phenoxy) is 1. The molecule has 0 spiro atoms. The largest absolute Gasteiger partial charge is 0.461 e. The summed E-state index contributed by atoms with van der Waals surface area (Å²) >= 11 is 0. The zero-order valence-electron chi connectivity index (χ0n) is 11.9. The van der Waals surface area contributed by atoms with E-state index in [2.05, 4.69) is 4.74 Å². The Morgan fingerprint density at radius 3 is 1.50 bits per heavy atom. The second-order valence-corrected chi connectivity index (χ2v) is 4.53. The number of esters is 1. The summed E-state index contributed by atoms with van der Waals surface area (Å²) in [5.41, 5.74) is -5.14. The molecule has 0 bridgehead atoms. The molecule has 13 heteroatoms. The number of allylic oxidation sites excluding steroid dienone is 2. The summed E-state index contributed by atoms with van der Waals surface area (Å²) in [6.45, 7) is 0. The zero-order chi connectivity index (χ0) is 20.6. The number of benzene rings is 1. The maximum atomic E-state index is 13.3. The number of rotatable bonds is 3. The third-order valence-corrected chi connectivity index (χ3v) is 2.64. The summed E-state index contributed by atoms with van der Waals surface area (Å²) in [5, 5.41) is 0. The lowest BCUT2D eigenvalue weighted by Crippen LogP contribution is -2.44. The summed E-state index contributed by atoms with van der Waals surface area (Å²) < 4.78 is 142. The molecule has 0 aromatic heterocycles. The monoisotopic (exact) mass is 402 g/mol. The first-order chi connectivity index (χ1) is 11.5. The molecule has 0 radical (unpaired) electrons. The first-order valence-corrected chi connectivity index (χ1v) is 6.10. The molecule has 0 N–H and O–H groups in total. The standard InChI is InChI=1S/C13H5F11O2/c14-10(15,13(22,23)24)8(7(11(16,17)18)12(19,20)21)26-9(25)6-4-2-1-3-5-6/h1-5H. The summed E-state index contributed by atoms with van der Waals surface area (Å²) in [4.78, 5) is 11.5. The average molecular weight is 402 g/mol. The van der Waals surface area contributed by atoms with Crippen LogP contribution in [0.4, 0.5) is 48.3 Å². The van der Waals surface area contributed by atoms with Crippen molar-refractivity contribution < 1.29 is 57.8 Å². The van der Waals surface area contributed by atoms with Crippen molar-refractivity contribution in [2.45, 2.75) is 24.5 Å². The van der Waals surface area contributed by atoms with Crippen LogP contribution in [0.15, 0.2) is 41.7 Å². The lowest BCUT2D eigenvalue weighted by atomic mass is 10.1. The molecule has 0 saturated heterocycles.